The summed E-state index contributed by atoms with van der Waals surface area (Å²) in [6, 6.07) is 14.7. The molecule has 0 fully saturated rings. The molecule has 0 saturated heterocycles. The molecular formula is C20H18F3N3O3. The van der Waals surface area contributed by atoms with Gasteiger partial charge in [0, 0.05) is 12.7 Å². The molecule has 0 bridgehead atoms. The molecule has 0 saturated carbocycles. The molecule has 3 rings (SSSR count). The topological polar surface area (TPSA) is 64.4 Å². The van der Waals surface area contributed by atoms with E-state index in [0.29, 0.717) is 5.69 Å². The fourth-order valence-corrected chi connectivity index (χ4v) is 2.92. The molecular weight excluding hydrogens is 387 g/mol. The minimum Gasteiger partial charge on any atom is -0.451 e. The molecule has 1 atom stereocenters. The Kier molecular flexibility index (Phi) is 5.58. The Morgan fingerprint density at radius 3 is 2.38 bits per heavy atom. The van der Waals surface area contributed by atoms with Crippen molar-refractivity contribution in [2.24, 2.45) is 0 Å². The normalized spacial score (nSPS) is 12.6. The fourth-order valence-electron chi connectivity index (χ4n) is 2.92. The minimum atomic E-state index is -4.74. The van der Waals surface area contributed by atoms with Crippen LogP contribution in [-0.4, -0.2) is 34.6 Å². The summed E-state index contributed by atoms with van der Waals surface area (Å²) in [7, 11) is 1.52. The van der Waals surface area contributed by atoms with Crippen LogP contribution in [0.2, 0.25) is 0 Å². The summed E-state index contributed by atoms with van der Waals surface area (Å²) in [5.74, 6) is -2.67. The van der Waals surface area contributed by atoms with Gasteiger partial charge in [0.1, 0.15) is 6.54 Å². The van der Waals surface area contributed by atoms with E-state index < -0.39 is 36.5 Å². The number of para-hydroxylation sites is 3. The van der Waals surface area contributed by atoms with Gasteiger partial charge < -0.3 is 14.2 Å². The average Bonchev–Trinajstić information content (AvgIpc) is 3.06. The van der Waals surface area contributed by atoms with Crippen molar-refractivity contribution in [3.8, 4) is 0 Å². The third-order valence-electron chi connectivity index (χ3n) is 4.33. The highest BCUT2D eigenvalue weighted by Gasteiger charge is 2.38. The molecule has 0 N–H and O–H groups in total. The van der Waals surface area contributed by atoms with Gasteiger partial charge in [0.05, 0.1) is 11.0 Å². The van der Waals surface area contributed by atoms with Crippen LogP contribution in [0.5, 0.6) is 0 Å². The largest absolute Gasteiger partial charge is 0.451 e. The zero-order valence-corrected chi connectivity index (χ0v) is 15.7. The number of aromatic nitrogens is 2. The molecule has 0 aliphatic heterocycles. The highest BCUT2D eigenvalue weighted by atomic mass is 19.4. The highest BCUT2D eigenvalue weighted by molar-refractivity contribution is 5.96. The first kappa shape index (κ1) is 20.4. The van der Waals surface area contributed by atoms with Gasteiger partial charge in [-0.25, -0.2) is 4.98 Å². The van der Waals surface area contributed by atoms with Gasteiger partial charge in [0.15, 0.2) is 6.10 Å². The van der Waals surface area contributed by atoms with Crippen molar-refractivity contribution in [1.82, 2.24) is 9.55 Å². The number of halogens is 3. The number of hydrogen-bond donors (Lipinski definition) is 0. The quantitative estimate of drug-likeness (QED) is 0.608. The van der Waals surface area contributed by atoms with Crippen LogP contribution < -0.4 is 4.90 Å². The maximum atomic E-state index is 13.3. The van der Waals surface area contributed by atoms with Crippen molar-refractivity contribution in [3.05, 3.63) is 60.4 Å². The highest BCUT2D eigenvalue weighted by Crippen LogP contribution is 2.31. The van der Waals surface area contributed by atoms with Crippen molar-refractivity contribution in [1.29, 1.82) is 0 Å². The molecule has 152 valence electrons. The van der Waals surface area contributed by atoms with E-state index in [9.17, 15) is 22.8 Å². The number of hydrogen-bond acceptors (Lipinski definition) is 4. The SMILES string of the molecule is C[C@@H](OC(=O)Cn1c(C(F)(F)F)nc2ccccc21)C(=O)N(C)c1ccccc1. The lowest BCUT2D eigenvalue weighted by atomic mass is 10.2. The number of nitrogens with zero attached hydrogens (tertiary/aromatic N) is 3. The number of likely N-dealkylation sites (N-methyl/N-ethyl adjacent to an activating group) is 1. The number of esters is 1. The smallest absolute Gasteiger partial charge is 0.449 e. The van der Waals surface area contributed by atoms with Gasteiger partial charge in [-0.15, -0.1) is 0 Å². The number of fused-ring (bicyclic) bond motifs is 1. The zero-order valence-electron chi connectivity index (χ0n) is 15.7. The monoisotopic (exact) mass is 405 g/mol. The molecule has 1 amide bonds. The maximum Gasteiger partial charge on any atom is 0.449 e. The number of benzene rings is 2. The zero-order chi connectivity index (χ0) is 21.2. The van der Waals surface area contributed by atoms with E-state index in [1.165, 1.54) is 31.0 Å². The van der Waals surface area contributed by atoms with Crippen molar-refractivity contribution in [2.75, 3.05) is 11.9 Å². The summed E-state index contributed by atoms with van der Waals surface area (Å²) in [6.07, 6.45) is -5.91. The van der Waals surface area contributed by atoms with Crippen LogP contribution in [-0.2, 0) is 27.0 Å². The van der Waals surface area contributed by atoms with Gasteiger partial charge in [-0.2, -0.15) is 13.2 Å². The number of ether oxygens (including phenoxy) is 1. The van der Waals surface area contributed by atoms with E-state index in [4.69, 9.17) is 4.74 Å². The standard InChI is InChI=1S/C20H18F3N3O3/c1-13(18(28)25(2)14-8-4-3-5-9-14)29-17(27)12-26-16-11-7-6-10-15(16)24-19(26)20(21,22)23/h3-11,13H,12H2,1-2H3/t13-/m1/s1. The van der Waals surface area contributed by atoms with Crippen LogP contribution in [0.15, 0.2) is 54.6 Å². The summed E-state index contributed by atoms with van der Waals surface area (Å²) < 4.78 is 45.8. The van der Waals surface area contributed by atoms with E-state index in [0.717, 1.165) is 4.57 Å². The molecule has 1 heterocycles. The summed E-state index contributed by atoms with van der Waals surface area (Å²) >= 11 is 0. The third kappa shape index (κ3) is 4.39. The molecule has 2 aromatic carbocycles. The van der Waals surface area contributed by atoms with E-state index in [2.05, 4.69) is 4.98 Å². The lowest BCUT2D eigenvalue weighted by molar-refractivity contribution is -0.156. The minimum absolute atomic E-state index is 0.112. The molecule has 6 nitrogen and oxygen atoms in total. The lowest BCUT2D eigenvalue weighted by Gasteiger charge is -2.22. The summed E-state index contributed by atoms with van der Waals surface area (Å²) in [4.78, 5) is 29.7. The molecule has 0 spiro atoms. The number of carbonyl (C=O) groups excluding carboxylic acids is 2. The number of amides is 1. The Morgan fingerprint density at radius 2 is 1.72 bits per heavy atom. The molecule has 29 heavy (non-hydrogen) atoms. The van der Waals surface area contributed by atoms with Gasteiger partial charge in [0.25, 0.3) is 5.91 Å². The third-order valence-corrected chi connectivity index (χ3v) is 4.33. The predicted molar refractivity (Wildman–Crippen MR) is 100 cm³/mol. The van der Waals surface area contributed by atoms with Gasteiger partial charge in [-0.05, 0) is 31.2 Å². The Morgan fingerprint density at radius 1 is 1.10 bits per heavy atom. The predicted octanol–water partition coefficient (Wildman–Crippen LogP) is 3.65. The Labute approximate surface area is 164 Å². The van der Waals surface area contributed by atoms with Crippen LogP contribution in [0.25, 0.3) is 11.0 Å². The molecule has 0 unspecified atom stereocenters. The second kappa shape index (κ2) is 7.94. The van der Waals surface area contributed by atoms with Gasteiger partial charge in [-0.3, -0.25) is 9.59 Å². The fraction of sp³-hybridized carbons (Fsp3) is 0.250. The first-order chi connectivity index (χ1) is 13.7. The van der Waals surface area contributed by atoms with E-state index in [1.54, 1.807) is 42.5 Å². The number of imidazole rings is 1. The van der Waals surface area contributed by atoms with Gasteiger partial charge >= 0.3 is 12.1 Å². The van der Waals surface area contributed by atoms with Crippen LogP contribution in [0, 0.1) is 0 Å². The number of anilines is 1. The van der Waals surface area contributed by atoms with Crippen molar-refractivity contribution >= 4 is 28.6 Å². The van der Waals surface area contributed by atoms with Crippen LogP contribution in [0.4, 0.5) is 18.9 Å². The summed E-state index contributed by atoms with van der Waals surface area (Å²) in [5, 5.41) is 0. The van der Waals surface area contributed by atoms with Gasteiger partial charge in [0.2, 0.25) is 5.82 Å². The summed E-state index contributed by atoms with van der Waals surface area (Å²) in [5.41, 5.74) is 0.859. The van der Waals surface area contributed by atoms with Crippen LogP contribution >= 0.6 is 0 Å². The molecule has 0 aliphatic rings. The van der Waals surface area contributed by atoms with E-state index in [-0.39, 0.29) is 11.0 Å². The number of rotatable bonds is 5. The summed E-state index contributed by atoms with van der Waals surface area (Å²) in [6.45, 7) is 0.651. The lowest BCUT2D eigenvalue weighted by Crippen LogP contribution is -2.38. The van der Waals surface area contributed by atoms with Crippen molar-refractivity contribution in [3.63, 3.8) is 0 Å². The second-order valence-corrected chi connectivity index (χ2v) is 6.37. The Balaban J connectivity index is 1.76. The molecule has 9 heteroatoms. The Bertz CT molecular complexity index is 1030. The van der Waals surface area contributed by atoms with Crippen molar-refractivity contribution < 1.29 is 27.5 Å². The first-order valence-corrected chi connectivity index (χ1v) is 8.73. The number of alkyl halides is 3. The maximum absolute atomic E-state index is 13.3. The Hall–Kier alpha value is -3.36. The molecule has 1 aromatic heterocycles. The second-order valence-electron chi connectivity index (χ2n) is 6.37. The van der Waals surface area contributed by atoms with Crippen LogP contribution in [0.3, 0.4) is 0 Å². The van der Waals surface area contributed by atoms with Gasteiger partial charge in [-0.1, -0.05) is 30.3 Å². The van der Waals surface area contributed by atoms with E-state index in [1.807, 2.05) is 0 Å². The first-order valence-electron chi connectivity index (χ1n) is 8.73. The van der Waals surface area contributed by atoms with Crippen molar-refractivity contribution in [2.45, 2.75) is 25.7 Å². The average molecular weight is 405 g/mol. The number of carbonyl (C=O) groups is 2. The molecule has 0 radical (unpaired) electrons. The molecule has 3 aromatic rings. The van der Waals surface area contributed by atoms with E-state index >= 15 is 0 Å². The molecule has 0 aliphatic carbocycles. The van der Waals surface area contributed by atoms with Crippen LogP contribution in [0.1, 0.15) is 12.7 Å².